The molecule has 0 aliphatic carbocycles. The molecular formula is C33H31F4N3O3. The van der Waals surface area contributed by atoms with Crippen molar-refractivity contribution in [2.45, 2.75) is 51.8 Å². The van der Waals surface area contributed by atoms with Crippen molar-refractivity contribution in [3.8, 4) is 16.8 Å². The predicted octanol–water partition coefficient (Wildman–Crippen LogP) is 7.96. The summed E-state index contributed by atoms with van der Waals surface area (Å²) in [6.07, 6.45) is -4.33. The van der Waals surface area contributed by atoms with Crippen molar-refractivity contribution in [3.05, 3.63) is 83.9 Å². The monoisotopic (exact) mass is 593 g/mol. The molecule has 3 aromatic carbocycles. The van der Waals surface area contributed by atoms with E-state index in [1.807, 2.05) is 32.9 Å². The van der Waals surface area contributed by atoms with Crippen LogP contribution in [0.25, 0.3) is 38.6 Å². The Morgan fingerprint density at radius 1 is 0.977 bits per heavy atom. The predicted molar refractivity (Wildman–Crippen MR) is 156 cm³/mol. The van der Waals surface area contributed by atoms with Crippen molar-refractivity contribution < 1.29 is 32.2 Å². The summed E-state index contributed by atoms with van der Waals surface area (Å²) in [6, 6.07) is 15.8. The van der Waals surface area contributed by atoms with Gasteiger partial charge >= 0.3 is 6.18 Å². The Kier molecular flexibility index (Phi) is 7.17. The zero-order valence-electron chi connectivity index (χ0n) is 24.0. The molecule has 224 valence electrons. The van der Waals surface area contributed by atoms with Crippen LogP contribution in [0.5, 0.6) is 0 Å². The number of nitrogens with zero attached hydrogens (tertiary/aromatic N) is 3. The van der Waals surface area contributed by atoms with Crippen LogP contribution in [0.1, 0.15) is 61.7 Å². The molecule has 1 fully saturated rings. The number of aliphatic hydroxyl groups is 1. The van der Waals surface area contributed by atoms with Crippen molar-refractivity contribution in [2.75, 3.05) is 13.2 Å². The third-order valence-corrected chi connectivity index (χ3v) is 8.04. The van der Waals surface area contributed by atoms with Crippen LogP contribution in [0.15, 0.2) is 66.9 Å². The fourth-order valence-electron chi connectivity index (χ4n) is 5.86. The summed E-state index contributed by atoms with van der Waals surface area (Å²) < 4.78 is 63.0. The Labute approximate surface area is 245 Å². The molecular weight excluding hydrogens is 562 g/mol. The van der Waals surface area contributed by atoms with Crippen LogP contribution >= 0.6 is 0 Å². The lowest BCUT2D eigenvalue weighted by Gasteiger charge is -2.26. The van der Waals surface area contributed by atoms with Crippen molar-refractivity contribution >= 4 is 27.7 Å². The van der Waals surface area contributed by atoms with E-state index in [1.165, 1.54) is 28.9 Å². The van der Waals surface area contributed by atoms with Crippen LogP contribution in [0.2, 0.25) is 0 Å². The SMILES string of the molecule is CC(C)(C)C(=O)n1ncc2cc3c(cc21)c(-c1ccc(C(O)C(F)(F)F)cc1)c(C1CCOCC1)n3-c1ccc(F)cc1. The maximum atomic E-state index is 14.0. The van der Waals surface area contributed by atoms with Crippen LogP contribution in [0, 0.1) is 11.2 Å². The van der Waals surface area contributed by atoms with Gasteiger partial charge in [-0.1, -0.05) is 45.0 Å². The van der Waals surface area contributed by atoms with Gasteiger partial charge in [0.15, 0.2) is 6.10 Å². The summed E-state index contributed by atoms with van der Waals surface area (Å²) in [5, 5.41) is 15.8. The standard InChI is InChI=1S/C33H31F4N3O3/c1-32(2,3)31(42)40-26-17-25-27(16-22(26)18-38-40)39(24-10-8-23(34)9-11-24)29(20-12-14-43-15-13-20)28(25)19-4-6-21(7-5-19)30(41)33(35,36)37/h4-11,16-18,20,30,41H,12-15H2,1-3H3. The van der Waals surface area contributed by atoms with E-state index in [2.05, 4.69) is 9.67 Å². The highest BCUT2D eigenvalue weighted by molar-refractivity contribution is 6.07. The Balaban J connectivity index is 1.68. The molecule has 2 aromatic heterocycles. The highest BCUT2D eigenvalue weighted by Gasteiger charge is 2.39. The number of aromatic nitrogens is 3. The maximum absolute atomic E-state index is 14.0. The Morgan fingerprint density at radius 3 is 2.23 bits per heavy atom. The topological polar surface area (TPSA) is 69.3 Å². The van der Waals surface area contributed by atoms with Crippen LogP contribution < -0.4 is 0 Å². The molecule has 6 nitrogen and oxygen atoms in total. The Bertz CT molecular complexity index is 1810. The first-order chi connectivity index (χ1) is 20.3. The number of fused-ring (bicyclic) bond motifs is 2. The van der Waals surface area contributed by atoms with Gasteiger partial charge in [0.1, 0.15) is 5.82 Å². The average molecular weight is 594 g/mol. The minimum Gasteiger partial charge on any atom is -0.381 e. The van der Waals surface area contributed by atoms with Gasteiger partial charge in [0.25, 0.3) is 5.91 Å². The van der Waals surface area contributed by atoms with E-state index in [1.54, 1.807) is 30.5 Å². The number of halogens is 4. The second kappa shape index (κ2) is 10.6. The van der Waals surface area contributed by atoms with E-state index in [4.69, 9.17) is 4.74 Å². The van der Waals surface area contributed by atoms with Gasteiger partial charge in [0.05, 0.1) is 17.2 Å². The summed E-state index contributed by atoms with van der Waals surface area (Å²) in [7, 11) is 0. The molecule has 1 atom stereocenters. The highest BCUT2D eigenvalue weighted by atomic mass is 19.4. The van der Waals surface area contributed by atoms with Gasteiger partial charge in [-0.3, -0.25) is 4.79 Å². The molecule has 1 aliphatic heterocycles. The molecule has 0 amide bonds. The van der Waals surface area contributed by atoms with E-state index >= 15 is 0 Å². The summed E-state index contributed by atoms with van der Waals surface area (Å²) >= 11 is 0. The minimum absolute atomic E-state index is 0.0254. The van der Waals surface area contributed by atoms with Gasteiger partial charge in [-0.15, -0.1) is 0 Å². The first-order valence-corrected chi connectivity index (χ1v) is 14.1. The van der Waals surface area contributed by atoms with Gasteiger partial charge in [-0.25, -0.2) is 4.39 Å². The Morgan fingerprint density at radius 2 is 1.63 bits per heavy atom. The number of ether oxygens (including phenoxy) is 1. The fraction of sp³-hybridized carbons (Fsp3) is 0.333. The lowest BCUT2D eigenvalue weighted by Crippen LogP contribution is -2.27. The average Bonchev–Trinajstić information content (AvgIpc) is 3.54. The van der Waals surface area contributed by atoms with Gasteiger partial charge < -0.3 is 14.4 Å². The van der Waals surface area contributed by atoms with Crippen LogP contribution in [-0.4, -0.2) is 44.8 Å². The Hall–Kier alpha value is -4.02. The number of aliphatic hydroxyl groups excluding tert-OH is 1. The maximum Gasteiger partial charge on any atom is 0.418 e. The van der Waals surface area contributed by atoms with Gasteiger partial charge in [-0.2, -0.15) is 23.0 Å². The first kappa shape index (κ1) is 29.1. The summed E-state index contributed by atoms with van der Waals surface area (Å²) in [6.45, 7) is 6.54. The van der Waals surface area contributed by atoms with Crippen LogP contribution in [0.4, 0.5) is 17.6 Å². The molecule has 1 saturated heterocycles. The lowest BCUT2D eigenvalue weighted by atomic mass is 9.89. The van der Waals surface area contributed by atoms with E-state index in [0.29, 0.717) is 37.1 Å². The van der Waals surface area contributed by atoms with E-state index in [-0.39, 0.29) is 23.2 Å². The molecule has 1 aliphatic rings. The fourth-order valence-corrected chi connectivity index (χ4v) is 5.86. The summed E-state index contributed by atoms with van der Waals surface area (Å²) in [5.41, 5.74) is 3.52. The zero-order chi connectivity index (χ0) is 30.7. The third-order valence-electron chi connectivity index (χ3n) is 8.04. The number of carbonyl (C=O) groups excluding carboxylic acids is 1. The number of alkyl halides is 3. The number of carbonyl (C=O) groups is 1. The molecule has 3 heterocycles. The molecule has 0 spiro atoms. The van der Waals surface area contributed by atoms with Gasteiger partial charge in [0, 0.05) is 52.3 Å². The molecule has 6 rings (SSSR count). The second-order valence-electron chi connectivity index (χ2n) is 12.1. The van der Waals surface area contributed by atoms with Gasteiger partial charge in [-0.05, 0) is 60.4 Å². The van der Waals surface area contributed by atoms with Gasteiger partial charge in [0.2, 0.25) is 0 Å². The summed E-state index contributed by atoms with van der Waals surface area (Å²) in [4.78, 5) is 13.3. The zero-order valence-corrected chi connectivity index (χ0v) is 24.0. The normalized spacial score (nSPS) is 15.8. The smallest absolute Gasteiger partial charge is 0.381 e. The largest absolute Gasteiger partial charge is 0.418 e. The van der Waals surface area contributed by atoms with E-state index in [9.17, 15) is 27.5 Å². The number of hydrogen-bond donors (Lipinski definition) is 1. The molecule has 43 heavy (non-hydrogen) atoms. The minimum atomic E-state index is -4.79. The molecule has 5 aromatic rings. The molecule has 0 bridgehead atoms. The van der Waals surface area contributed by atoms with Crippen LogP contribution in [0.3, 0.4) is 0 Å². The summed E-state index contributed by atoms with van der Waals surface area (Å²) in [5.74, 6) is -0.537. The molecule has 0 radical (unpaired) electrons. The molecule has 1 unspecified atom stereocenters. The van der Waals surface area contributed by atoms with Crippen molar-refractivity contribution in [1.29, 1.82) is 0 Å². The van der Waals surface area contributed by atoms with Crippen molar-refractivity contribution in [1.82, 2.24) is 14.3 Å². The third kappa shape index (κ3) is 5.23. The molecule has 1 N–H and O–H groups in total. The quantitative estimate of drug-likeness (QED) is 0.215. The molecule has 0 saturated carbocycles. The highest BCUT2D eigenvalue weighted by Crippen LogP contribution is 2.45. The molecule has 10 heteroatoms. The second-order valence-corrected chi connectivity index (χ2v) is 12.1. The van der Waals surface area contributed by atoms with E-state index in [0.717, 1.165) is 33.2 Å². The number of rotatable bonds is 4. The van der Waals surface area contributed by atoms with Crippen LogP contribution in [-0.2, 0) is 4.74 Å². The van der Waals surface area contributed by atoms with E-state index < -0.39 is 17.7 Å². The number of benzene rings is 3. The lowest BCUT2D eigenvalue weighted by molar-refractivity contribution is -0.206. The van der Waals surface area contributed by atoms with Crippen molar-refractivity contribution in [3.63, 3.8) is 0 Å². The first-order valence-electron chi connectivity index (χ1n) is 14.1. The van der Waals surface area contributed by atoms with Crippen molar-refractivity contribution in [2.24, 2.45) is 5.41 Å². The number of hydrogen-bond acceptors (Lipinski definition) is 4.